The highest BCUT2D eigenvalue weighted by Gasteiger charge is 2.16. The molecule has 0 amide bonds. The van der Waals surface area contributed by atoms with E-state index >= 15 is 0 Å². The van der Waals surface area contributed by atoms with Gasteiger partial charge in [0, 0.05) is 19.1 Å². The molecular formula is C14H21NO. The quantitative estimate of drug-likeness (QED) is 0.773. The van der Waals surface area contributed by atoms with Gasteiger partial charge in [0.05, 0.1) is 13.2 Å². The molecule has 0 spiro atoms. The van der Waals surface area contributed by atoms with E-state index in [1.54, 1.807) is 0 Å². The molecule has 16 heavy (non-hydrogen) atoms. The third-order valence-corrected chi connectivity index (χ3v) is 3.32. The second-order valence-corrected chi connectivity index (χ2v) is 4.69. The SMILES string of the molecule is Cc1ccc(CC(C)N2CCOCC2)cc1. The van der Waals surface area contributed by atoms with Crippen LogP contribution in [-0.4, -0.2) is 37.2 Å². The maximum atomic E-state index is 5.37. The lowest BCUT2D eigenvalue weighted by molar-refractivity contribution is 0.0203. The van der Waals surface area contributed by atoms with Crippen LogP contribution in [0.4, 0.5) is 0 Å². The Morgan fingerprint density at radius 2 is 1.81 bits per heavy atom. The Balaban J connectivity index is 1.90. The Kier molecular flexibility index (Phi) is 3.97. The normalized spacial score (nSPS) is 19.6. The minimum absolute atomic E-state index is 0.617. The summed E-state index contributed by atoms with van der Waals surface area (Å²) in [4.78, 5) is 2.52. The Hall–Kier alpha value is -0.860. The Bertz CT molecular complexity index is 314. The summed E-state index contributed by atoms with van der Waals surface area (Å²) in [7, 11) is 0. The van der Waals surface area contributed by atoms with Crippen LogP contribution in [0.5, 0.6) is 0 Å². The lowest BCUT2D eigenvalue weighted by Gasteiger charge is -2.32. The van der Waals surface area contributed by atoms with Crippen molar-refractivity contribution in [1.82, 2.24) is 4.90 Å². The van der Waals surface area contributed by atoms with E-state index in [2.05, 4.69) is 43.0 Å². The van der Waals surface area contributed by atoms with Crippen LogP contribution in [-0.2, 0) is 11.2 Å². The summed E-state index contributed by atoms with van der Waals surface area (Å²) in [5.41, 5.74) is 2.77. The molecule has 0 aliphatic carbocycles. The van der Waals surface area contributed by atoms with Crippen molar-refractivity contribution in [3.05, 3.63) is 35.4 Å². The van der Waals surface area contributed by atoms with E-state index in [0.29, 0.717) is 6.04 Å². The van der Waals surface area contributed by atoms with E-state index in [1.807, 2.05) is 0 Å². The second kappa shape index (κ2) is 5.46. The topological polar surface area (TPSA) is 12.5 Å². The lowest BCUT2D eigenvalue weighted by Crippen LogP contribution is -2.43. The van der Waals surface area contributed by atoms with Crippen molar-refractivity contribution in [2.75, 3.05) is 26.3 Å². The zero-order chi connectivity index (χ0) is 11.4. The molecule has 2 rings (SSSR count). The molecule has 0 bridgehead atoms. The zero-order valence-corrected chi connectivity index (χ0v) is 10.3. The van der Waals surface area contributed by atoms with Crippen LogP contribution in [0.25, 0.3) is 0 Å². The highest BCUT2D eigenvalue weighted by molar-refractivity contribution is 5.21. The van der Waals surface area contributed by atoms with Crippen LogP contribution in [0.3, 0.4) is 0 Å². The Morgan fingerprint density at radius 1 is 1.19 bits per heavy atom. The number of morpholine rings is 1. The molecule has 1 aromatic carbocycles. The van der Waals surface area contributed by atoms with Gasteiger partial charge in [0.1, 0.15) is 0 Å². The molecule has 1 aromatic rings. The fraction of sp³-hybridized carbons (Fsp3) is 0.571. The Morgan fingerprint density at radius 3 is 2.44 bits per heavy atom. The first-order valence-corrected chi connectivity index (χ1v) is 6.13. The van der Waals surface area contributed by atoms with E-state index in [1.165, 1.54) is 11.1 Å². The Labute approximate surface area is 98.2 Å². The fourth-order valence-corrected chi connectivity index (χ4v) is 2.21. The monoisotopic (exact) mass is 219 g/mol. The number of aryl methyl sites for hydroxylation is 1. The van der Waals surface area contributed by atoms with Gasteiger partial charge in [-0.05, 0) is 25.8 Å². The van der Waals surface area contributed by atoms with E-state index in [0.717, 1.165) is 32.7 Å². The molecule has 1 aliphatic heterocycles. The van der Waals surface area contributed by atoms with Crippen LogP contribution in [0.1, 0.15) is 18.1 Å². The molecule has 1 aliphatic rings. The van der Waals surface area contributed by atoms with Crippen molar-refractivity contribution in [2.24, 2.45) is 0 Å². The van der Waals surface area contributed by atoms with Gasteiger partial charge in [-0.25, -0.2) is 0 Å². The van der Waals surface area contributed by atoms with Crippen LogP contribution >= 0.6 is 0 Å². The average molecular weight is 219 g/mol. The van der Waals surface area contributed by atoms with Crippen molar-refractivity contribution in [3.8, 4) is 0 Å². The summed E-state index contributed by atoms with van der Waals surface area (Å²) in [5.74, 6) is 0. The molecule has 88 valence electrons. The lowest BCUT2D eigenvalue weighted by atomic mass is 10.0. The van der Waals surface area contributed by atoms with Crippen molar-refractivity contribution >= 4 is 0 Å². The van der Waals surface area contributed by atoms with Gasteiger partial charge in [0.25, 0.3) is 0 Å². The predicted molar refractivity (Wildman–Crippen MR) is 66.7 cm³/mol. The van der Waals surface area contributed by atoms with E-state index in [4.69, 9.17) is 4.74 Å². The van der Waals surface area contributed by atoms with Gasteiger partial charge >= 0.3 is 0 Å². The first kappa shape index (κ1) is 11.6. The van der Waals surface area contributed by atoms with Crippen molar-refractivity contribution < 1.29 is 4.74 Å². The smallest absolute Gasteiger partial charge is 0.0594 e. The molecule has 1 saturated heterocycles. The molecule has 1 atom stereocenters. The molecule has 0 radical (unpaired) electrons. The number of nitrogens with zero attached hydrogens (tertiary/aromatic N) is 1. The molecule has 1 unspecified atom stereocenters. The third kappa shape index (κ3) is 3.06. The predicted octanol–water partition coefficient (Wildman–Crippen LogP) is 2.26. The summed E-state index contributed by atoms with van der Waals surface area (Å²) in [6.45, 7) is 8.37. The third-order valence-electron chi connectivity index (χ3n) is 3.32. The molecule has 1 fully saturated rings. The van der Waals surface area contributed by atoms with Crippen LogP contribution in [0.15, 0.2) is 24.3 Å². The van der Waals surface area contributed by atoms with Gasteiger partial charge in [-0.3, -0.25) is 4.90 Å². The molecule has 2 heteroatoms. The van der Waals surface area contributed by atoms with Gasteiger partial charge in [0.15, 0.2) is 0 Å². The standard InChI is InChI=1S/C14H21NO/c1-12-3-5-14(6-4-12)11-13(2)15-7-9-16-10-8-15/h3-6,13H,7-11H2,1-2H3. The number of hydrogen-bond donors (Lipinski definition) is 0. The summed E-state index contributed by atoms with van der Waals surface area (Å²) in [5, 5.41) is 0. The van der Waals surface area contributed by atoms with Crippen LogP contribution in [0, 0.1) is 6.92 Å². The first-order valence-electron chi connectivity index (χ1n) is 6.13. The van der Waals surface area contributed by atoms with Crippen LogP contribution < -0.4 is 0 Å². The van der Waals surface area contributed by atoms with Crippen molar-refractivity contribution in [3.63, 3.8) is 0 Å². The van der Waals surface area contributed by atoms with E-state index in [-0.39, 0.29) is 0 Å². The molecule has 1 heterocycles. The maximum absolute atomic E-state index is 5.37. The number of benzene rings is 1. The molecule has 0 saturated carbocycles. The first-order chi connectivity index (χ1) is 7.75. The average Bonchev–Trinajstić information content (AvgIpc) is 2.33. The minimum Gasteiger partial charge on any atom is -0.379 e. The highest BCUT2D eigenvalue weighted by atomic mass is 16.5. The molecular weight excluding hydrogens is 198 g/mol. The molecule has 0 N–H and O–H groups in total. The number of ether oxygens (including phenoxy) is 1. The summed E-state index contributed by atoms with van der Waals surface area (Å²) in [6, 6.07) is 9.49. The summed E-state index contributed by atoms with van der Waals surface area (Å²) < 4.78 is 5.37. The van der Waals surface area contributed by atoms with Gasteiger partial charge in [0.2, 0.25) is 0 Å². The second-order valence-electron chi connectivity index (χ2n) is 4.69. The number of hydrogen-bond acceptors (Lipinski definition) is 2. The molecule has 2 nitrogen and oxygen atoms in total. The van der Waals surface area contributed by atoms with E-state index < -0.39 is 0 Å². The largest absolute Gasteiger partial charge is 0.379 e. The van der Waals surface area contributed by atoms with Gasteiger partial charge < -0.3 is 4.74 Å². The van der Waals surface area contributed by atoms with Gasteiger partial charge in [-0.1, -0.05) is 29.8 Å². The summed E-state index contributed by atoms with van der Waals surface area (Å²) in [6.07, 6.45) is 1.14. The zero-order valence-electron chi connectivity index (χ0n) is 10.3. The maximum Gasteiger partial charge on any atom is 0.0594 e. The van der Waals surface area contributed by atoms with E-state index in [9.17, 15) is 0 Å². The number of rotatable bonds is 3. The van der Waals surface area contributed by atoms with Crippen molar-refractivity contribution in [1.29, 1.82) is 0 Å². The molecule has 0 aromatic heterocycles. The summed E-state index contributed by atoms with van der Waals surface area (Å²) >= 11 is 0. The highest BCUT2D eigenvalue weighted by Crippen LogP contribution is 2.11. The van der Waals surface area contributed by atoms with Gasteiger partial charge in [-0.15, -0.1) is 0 Å². The van der Waals surface area contributed by atoms with Gasteiger partial charge in [-0.2, -0.15) is 0 Å². The van der Waals surface area contributed by atoms with Crippen LogP contribution in [0.2, 0.25) is 0 Å². The fourth-order valence-electron chi connectivity index (χ4n) is 2.21. The minimum atomic E-state index is 0.617. The van der Waals surface area contributed by atoms with Crippen molar-refractivity contribution in [2.45, 2.75) is 26.3 Å².